The zero-order chi connectivity index (χ0) is 15.4. The van der Waals surface area contributed by atoms with Crippen molar-refractivity contribution in [2.75, 3.05) is 11.9 Å². The number of anilines is 1. The Balaban J connectivity index is 2.15. The summed E-state index contributed by atoms with van der Waals surface area (Å²) in [7, 11) is 0. The molecule has 0 saturated carbocycles. The number of amides is 1. The van der Waals surface area contributed by atoms with Crippen LogP contribution < -0.4 is 5.32 Å². The molecule has 5 nitrogen and oxygen atoms in total. The molecule has 116 valence electrons. The van der Waals surface area contributed by atoms with E-state index in [0.717, 1.165) is 24.8 Å². The van der Waals surface area contributed by atoms with E-state index in [2.05, 4.69) is 5.32 Å². The lowest BCUT2D eigenvalue weighted by Gasteiger charge is -2.08. The van der Waals surface area contributed by atoms with Crippen LogP contribution in [0.5, 0.6) is 0 Å². The van der Waals surface area contributed by atoms with Gasteiger partial charge in [0.25, 0.3) is 0 Å². The zero-order valence-electron chi connectivity index (χ0n) is 12.4. The lowest BCUT2D eigenvalue weighted by atomic mass is 10.1. The molecule has 1 aliphatic rings. The predicted octanol–water partition coefficient (Wildman–Crippen LogP) is 2.51. The number of carbonyl (C=O) groups is 2. The minimum atomic E-state index is -0.506. The molecule has 2 rings (SSSR count). The maximum atomic E-state index is 12.1. The molecule has 6 heteroatoms. The lowest BCUT2D eigenvalue weighted by Crippen LogP contribution is -2.16. The maximum absolute atomic E-state index is 12.1. The second-order valence-electron chi connectivity index (χ2n) is 5.22. The third-order valence-electron chi connectivity index (χ3n) is 3.44. The first-order valence-corrected chi connectivity index (χ1v) is 8.14. The van der Waals surface area contributed by atoms with Gasteiger partial charge < -0.3 is 15.2 Å². The lowest BCUT2D eigenvalue weighted by molar-refractivity contribution is -0.116. The highest BCUT2D eigenvalue weighted by molar-refractivity contribution is 7.17. The molecule has 21 heavy (non-hydrogen) atoms. The molecule has 0 bridgehead atoms. The molecule has 0 aromatic carbocycles. The molecular formula is C15H21NO4S. The Kier molecular flexibility index (Phi) is 5.36. The largest absolute Gasteiger partial charge is 0.462 e. The second kappa shape index (κ2) is 7.04. The number of aliphatic hydroxyl groups excluding tert-OH is 1. The molecule has 1 aliphatic carbocycles. The summed E-state index contributed by atoms with van der Waals surface area (Å²) in [6.07, 6.45) is 3.01. The normalized spacial score (nSPS) is 14.6. The summed E-state index contributed by atoms with van der Waals surface area (Å²) >= 11 is 1.47. The monoisotopic (exact) mass is 311 g/mol. The minimum Gasteiger partial charge on any atom is -0.462 e. The SMILES string of the molecule is CCOC(=O)c1c(NC(=O)CCC(C)O)sc2c1CCC2. The summed E-state index contributed by atoms with van der Waals surface area (Å²) in [5, 5.41) is 12.6. The molecule has 1 aromatic heterocycles. The van der Waals surface area contributed by atoms with Crippen LogP contribution in [0, 0.1) is 0 Å². The van der Waals surface area contributed by atoms with Crippen molar-refractivity contribution >= 4 is 28.2 Å². The fraction of sp³-hybridized carbons (Fsp3) is 0.600. The average Bonchev–Trinajstić information content (AvgIpc) is 2.96. The molecule has 0 aliphatic heterocycles. The van der Waals surface area contributed by atoms with E-state index in [1.54, 1.807) is 13.8 Å². The van der Waals surface area contributed by atoms with E-state index in [-0.39, 0.29) is 18.3 Å². The molecule has 0 saturated heterocycles. The Morgan fingerprint density at radius 1 is 1.43 bits per heavy atom. The molecule has 1 heterocycles. The van der Waals surface area contributed by atoms with Crippen molar-refractivity contribution in [1.29, 1.82) is 0 Å². The number of carbonyl (C=O) groups excluding carboxylic acids is 2. The van der Waals surface area contributed by atoms with E-state index in [1.165, 1.54) is 16.2 Å². The Labute approximate surface area is 128 Å². The molecule has 1 unspecified atom stereocenters. The number of nitrogens with one attached hydrogen (secondary N) is 1. The zero-order valence-corrected chi connectivity index (χ0v) is 13.2. The van der Waals surface area contributed by atoms with Crippen molar-refractivity contribution in [3.63, 3.8) is 0 Å². The van der Waals surface area contributed by atoms with Crippen LogP contribution in [-0.4, -0.2) is 29.7 Å². The van der Waals surface area contributed by atoms with Gasteiger partial charge in [-0.2, -0.15) is 0 Å². The fourth-order valence-electron chi connectivity index (χ4n) is 2.44. The summed E-state index contributed by atoms with van der Waals surface area (Å²) in [6.45, 7) is 3.74. The van der Waals surface area contributed by atoms with Crippen LogP contribution in [0.4, 0.5) is 5.00 Å². The van der Waals surface area contributed by atoms with Crippen molar-refractivity contribution in [2.45, 2.75) is 52.1 Å². The Hall–Kier alpha value is -1.40. The van der Waals surface area contributed by atoms with Crippen LogP contribution >= 0.6 is 11.3 Å². The first kappa shape index (κ1) is 16.0. The Morgan fingerprint density at radius 3 is 2.86 bits per heavy atom. The quantitative estimate of drug-likeness (QED) is 0.792. The van der Waals surface area contributed by atoms with Crippen molar-refractivity contribution in [3.05, 3.63) is 16.0 Å². The van der Waals surface area contributed by atoms with E-state index in [0.29, 0.717) is 23.6 Å². The van der Waals surface area contributed by atoms with Crippen LogP contribution in [0.25, 0.3) is 0 Å². The van der Waals surface area contributed by atoms with Crippen LogP contribution in [0.3, 0.4) is 0 Å². The predicted molar refractivity (Wildman–Crippen MR) is 81.8 cm³/mol. The topological polar surface area (TPSA) is 75.6 Å². The molecular weight excluding hydrogens is 290 g/mol. The number of hydrogen-bond donors (Lipinski definition) is 2. The van der Waals surface area contributed by atoms with Gasteiger partial charge in [0.1, 0.15) is 5.00 Å². The molecule has 1 atom stereocenters. The van der Waals surface area contributed by atoms with Gasteiger partial charge in [-0.05, 0) is 45.1 Å². The molecule has 1 amide bonds. The number of fused-ring (bicyclic) bond motifs is 1. The second-order valence-corrected chi connectivity index (χ2v) is 6.32. The van der Waals surface area contributed by atoms with Gasteiger partial charge in [0, 0.05) is 11.3 Å². The summed E-state index contributed by atoms with van der Waals surface area (Å²) in [5.41, 5.74) is 1.56. The van der Waals surface area contributed by atoms with Gasteiger partial charge in [0.2, 0.25) is 5.91 Å². The van der Waals surface area contributed by atoms with Crippen molar-refractivity contribution < 1.29 is 19.4 Å². The van der Waals surface area contributed by atoms with Gasteiger partial charge in [0.05, 0.1) is 18.3 Å². The highest BCUT2D eigenvalue weighted by Crippen LogP contribution is 2.39. The summed E-state index contributed by atoms with van der Waals surface area (Å²) in [6, 6.07) is 0. The third kappa shape index (κ3) is 3.83. The number of aliphatic hydroxyl groups is 1. The highest BCUT2D eigenvalue weighted by atomic mass is 32.1. The Bertz CT molecular complexity index is 536. The van der Waals surface area contributed by atoms with E-state index in [1.807, 2.05) is 0 Å². The number of hydrogen-bond acceptors (Lipinski definition) is 5. The first-order valence-electron chi connectivity index (χ1n) is 7.32. The summed E-state index contributed by atoms with van der Waals surface area (Å²) < 4.78 is 5.11. The number of esters is 1. The highest BCUT2D eigenvalue weighted by Gasteiger charge is 2.28. The third-order valence-corrected chi connectivity index (χ3v) is 4.65. The van der Waals surface area contributed by atoms with E-state index in [4.69, 9.17) is 4.74 Å². The number of aryl methyl sites for hydroxylation is 1. The smallest absolute Gasteiger partial charge is 0.341 e. The molecule has 2 N–H and O–H groups in total. The van der Waals surface area contributed by atoms with E-state index >= 15 is 0 Å². The standard InChI is InChI=1S/C15H21NO4S/c1-3-20-15(19)13-10-5-4-6-11(10)21-14(13)16-12(18)8-7-9(2)17/h9,17H,3-8H2,1-2H3,(H,16,18). The first-order chi connectivity index (χ1) is 10.0. The van der Waals surface area contributed by atoms with Gasteiger partial charge in [0.15, 0.2) is 0 Å². The summed E-state index contributed by atoms with van der Waals surface area (Å²) in [4.78, 5) is 25.2. The summed E-state index contributed by atoms with van der Waals surface area (Å²) in [5.74, 6) is -0.538. The molecule has 0 spiro atoms. The van der Waals surface area contributed by atoms with Gasteiger partial charge in [-0.3, -0.25) is 4.79 Å². The van der Waals surface area contributed by atoms with Crippen molar-refractivity contribution in [1.82, 2.24) is 0 Å². The van der Waals surface area contributed by atoms with Crippen LogP contribution in [0.2, 0.25) is 0 Å². The van der Waals surface area contributed by atoms with Crippen molar-refractivity contribution in [3.8, 4) is 0 Å². The van der Waals surface area contributed by atoms with Gasteiger partial charge in [-0.1, -0.05) is 0 Å². The van der Waals surface area contributed by atoms with Crippen LogP contribution in [0.1, 0.15) is 53.9 Å². The van der Waals surface area contributed by atoms with E-state index < -0.39 is 6.10 Å². The number of thiophene rings is 1. The number of ether oxygens (including phenoxy) is 1. The average molecular weight is 311 g/mol. The van der Waals surface area contributed by atoms with Crippen LogP contribution in [0.15, 0.2) is 0 Å². The molecule has 0 radical (unpaired) electrons. The van der Waals surface area contributed by atoms with E-state index in [9.17, 15) is 14.7 Å². The van der Waals surface area contributed by atoms with Gasteiger partial charge >= 0.3 is 5.97 Å². The Morgan fingerprint density at radius 2 is 2.19 bits per heavy atom. The fourth-order valence-corrected chi connectivity index (χ4v) is 3.73. The van der Waals surface area contributed by atoms with Crippen molar-refractivity contribution in [2.24, 2.45) is 0 Å². The minimum absolute atomic E-state index is 0.179. The maximum Gasteiger partial charge on any atom is 0.341 e. The molecule has 0 fully saturated rings. The van der Waals surface area contributed by atoms with Gasteiger partial charge in [-0.25, -0.2) is 4.79 Å². The van der Waals surface area contributed by atoms with Gasteiger partial charge in [-0.15, -0.1) is 11.3 Å². The molecule has 1 aromatic rings. The number of rotatable bonds is 6. The van der Waals surface area contributed by atoms with Crippen LogP contribution in [-0.2, 0) is 22.4 Å².